The van der Waals surface area contributed by atoms with E-state index in [1.54, 1.807) is 41.3 Å². The topological polar surface area (TPSA) is 86.8 Å². The zero-order valence-corrected chi connectivity index (χ0v) is 23.8. The van der Waals surface area contributed by atoms with Crippen LogP contribution in [0, 0.1) is 0 Å². The summed E-state index contributed by atoms with van der Waals surface area (Å²) in [7, 11) is 0. The molecule has 0 aliphatic carbocycles. The second kappa shape index (κ2) is 12.5. The maximum absolute atomic E-state index is 13.8. The van der Waals surface area contributed by atoms with Crippen molar-refractivity contribution in [3.05, 3.63) is 106 Å². The van der Waals surface area contributed by atoms with Crippen molar-refractivity contribution < 1.29 is 19.2 Å². The van der Waals surface area contributed by atoms with Gasteiger partial charge in [0.1, 0.15) is 6.04 Å². The lowest BCUT2D eigenvalue weighted by atomic mass is 10.00. The van der Waals surface area contributed by atoms with Crippen LogP contribution in [-0.4, -0.2) is 51.6 Å². The van der Waals surface area contributed by atoms with E-state index in [0.717, 1.165) is 11.1 Å². The minimum atomic E-state index is -0.785. The number of hydrogen-bond acceptors (Lipinski definition) is 4. The van der Waals surface area contributed by atoms with Crippen LogP contribution in [0.15, 0.2) is 78.9 Å². The SMILES string of the molecule is CC(C)(C)NC(=O)[C@@H](Cc1ccccc1)N(Cc1cccc(Cl)c1)C(=O)CCCN1C(=O)c2ccccc2C1=O. The monoisotopic (exact) mass is 559 g/mol. The highest BCUT2D eigenvalue weighted by molar-refractivity contribution is 6.30. The number of hydrogen-bond donors (Lipinski definition) is 1. The number of imide groups is 1. The van der Waals surface area contributed by atoms with Crippen molar-refractivity contribution in [3.63, 3.8) is 0 Å². The second-order valence-corrected chi connectivity index (χ2v) is 11.4. The Morgan fingerprint density at radius 3 is 2.08 bits per heavy atom. The first kappa shape index (κ1) is 29.0. The maximum Gasteiger partial charge on any atom is 0.261 e. The standard InChI is InChI=1S/C32H34ClN3O4/c1-32(2,3)34-29(38)27(20-22-11-5-4-6-12-22)36(21-23-13-9-14-24(33)19-23)28(37)17-10-18-35-30(39)25-15-7-8-16-26(25)31(35)40/h4-9,11-16,19,27H,10,17-18,20-21H2,1-3H3,(H,34,38)/t27-/m1/s1. The first-order chi connectivity index (χ1) is 19.0. The molecule has 1 atom stereocenters. The van der Waals surface area contributed by atoms with E-state index in [2.05, 4.69) is 5.32 Å². The van der Waals surface area contributed by atoms with Gasteiger partial charge in [-0.15, -0.1) is 0 Å². The van der Waals surface area contributed by atoms with Crippen molar-refractivity contribution in [1.29, 1.82) is 0 Å². The first-order valence-electron chi connectivity index (χ1n) is 13.4. The van der Waals surface area contributed by atoms with E-state index in [1.807, 2.05) is 63.2 Å². The van der Waals surface area contributed by atoms with Crippen molar-refractivity contribution in [2.45, 2.75) is 58.2 Å². The number of rotatable bonds is 10. The number of carbonyl (C=O) groups is 4. The van der Waals surface area contributed by atoms with Gasteiger partial charge < -0.3 is 10.2 Å². The summed E-state index contributed by atoms with van der Waals surface area (Å²) in [5.41, 5.74) is 1.98. The molecular formula is C32H34ClN3O4. The zero-order chi connectivity index (χ0) is 28.9. The smallest absolute Gasteiger partial charge is 0.261 e. The summed E-state index contributed by atoms with van der Waals surface area (Å²) < 4.78 is 0. The Bertz CT molecular complexity index is 1370. The van der Waals surface area contributed by atoms with Crippen LogP contribution < -0.4 is 5.32 Å². The molecule has 4 amide bonds. The van der Waals surface area contributed by atoms with Gasteiger partial charge in [0, 0.05) is 36.5 Å². The van der Waals surface area contributed by atoms with E-state index in [-0.39, 0.29) is 49.6 Å². The summed E-state index contributed by atoms with van der Waals surface area (Å²) in [5.74, 6) is -1.21. The maximum atomic E-state index is 13.8. The number of benzene rings is 3. The second-order valence-electron chi connectivity index (χ2n) is 11.0. The Hall–Kier alpha value is -3.97. The van der Waals surface area contributed by atoms with Gasteiger partial charge in [-0.3, -0.25) is 24.1 Å². The van der Waals surface area contributed by atoms with Crippen LogP contribution in [0.3, 0.4) is 0 Å². The van der Waals surface area contributed by atoms with Crippen molar-refractivity contribution in [3.8, 4) is 0 Å². The van der Waals surface area contributed by atoms with Crippen molar-refractivity contribution >= 4 is 35.2 Å². The highest BCUT2D eigenvalue weighted by atomic mass is 35.5. The lowest BCUT2D eigenvalue weighted by Gasteiger charge is -2.34. The van der Waals surface area contributed by atoms with E-state index in [0.29, 0.717) is 22.6 Å². The summed E-state index contributed by atoms with van der Waals surface area (Å²) in [5, 5.41) is 3.57. The molecule has 208 valence electrons. The summed E-state index contributed by atoms with van der Waals surface area (Å²) in [6, 6.07) is 22.7. The molecule has 0 radical (unpaired) electrons. The molecule has 1 N–H and O–H groups in total. The number of nitrogens with zero attached hydrogens (tertiary/aromatic N) is 2. The number of fused-ring (bicyclic) bond motifs is 1. The van der Waals surface area contributed by atoms with E-state index < -0.39 is 11.6 Å². The molecule has 1 aliphatic heterocycles. The molecule has 0 unspecified atom stereocenters. The Morgan fingerprint density at radius 2 is 1.48 bits per heavy atom. The van der Waals surface area contributed by atoms with E-state index in [9.17, 15) is 19.2 Å². The Labute approximate surface area is 240 Å². The third-order valence-corrected chi connectivity index (χ3v) is 6.90. The van der Waals surface area contributed by atoms with Gasteiger partial charge in [0.25, 0.3) is 11.8 Å². The molecule has 40 heavy (non-hydrogen) atoms. The third-order valence-electron chi connectivity index (χ3n) is 6.66. The lowest BCUT2D eigenvalue weighted by Crippen LogP contribution is -2.54. The van der Waals surface area contributed by atoms with E-state index in [1.165, 1.54) is 4.90 Å². The molecule has 0 bridgehead atoms. The molecular weight excluding hydrogens is 526 g/mol. The van der Waals surface area contributed by atoms with Gasteiger partial charge in [0.15, 0.2) is 0 Å². The molecule has 0 fully saturated rings. The van der Waals surface area contributed by atoms with Crippen LogP contribution in [-0.2, 0) is 22.6 Å². The molecule has 3 aromatic rings. The van der Waals surface area contributed by atoms with Gasteiger partial charge in [0.05, 0.1) is 11.1 Å². The normalized spacial score (nSPS) is 13.7. The van der Waals surface area contributed by atoms with Gasteiger partial charge >= 0.3 is 0 Å². The fourth-order valence-corrected chi connectivity index (χ4v) is 5.03. The highest BCUT2D eigenvalue weighted by Crippen LogP contribution is 2.24. The Morgan fingerprint density at radius 1 is 0.875 bits per heavy atom. The van der Waals surface area contributed by atoms with Gasteiger partial charge in [-0.1, -0.05) is 66.2 Å². The van der Waals surface area contributed by atoms with Gasteiger partial charge in [-0.25, -0.2) is 0 Å². The van der Waals surface area contributed by atoms with Crippen molar-refractivity contribution in [1.82, 2.24) is 15.1 Å². The van der Waals surface area contributed by atoms with E-state index >= 15 is 0 Å². The van der Waals surface area contributed by atoms with Crippen molar-refractivity contribution in [2.75, 3.05) is 6.54 Å². The molecule has 7 nitrogen and oxygen atoms in total. The van der Waals surface area contributed by atoms with E-state index in [4.69, 9.17) is 11.6 Å². The molecule has 0 spiro atoms. The zero-order valence-electron chi connectivity index (χ0n) is 23.0. The minimum Gasteiger partial charge on any atom is -0.350 e. The van der Waals surface area contributed by atoms with Gasteiger partial charge in [-0.05, 0) is 62.6 Å². The number of amides is 4. The molecule has 1 aliphatic rings. The first-order valence-corrected chi connectivity index (χ1v) is 13.8. The van der Waals surface area contributed by atoms with Crippen molar-refractivity contribution in [2.24, 2.45) is 0 Å². The number of halogens is 1. The highest BCUT2D eigenvalue weighted by Gasteiger charge is 2.36. The molecule has 0 saturated heterocycles. The molecule has 0 saturated carbocycles. The molecule has 4 rings (SSSR count). The summed E-state index contributed by atoms with van der Waals surface area (Å²) in [4.78, 5) is 55.8. The predicted octanol–water partition coefficient (Wildman–Crippen LogP) is 5.27. The van der Waals surface area contributed by atoms with Crippen LogP contribution >= 0.6 is 11.6 Å². The lowest BCUT2D eigenvalue weighted by molar-refractivity contribution is -0.142. The molecule has 8 heteroatoms. The number of nitrogens with one attached hydrogen (secondary N) is 1. The average Bonchev–Trinajstić information content (AvgIpc) is 3.15. The summed E-state index contributed by atoms with van der Waals surface area (Å²) >= 11 is 6.24. The quantitative estimate of drug-likeness (QED) is 0.343. The Kier molecular flexibility index (Phi) is 9.05. The van der Waals surface area contributed by atoms with Gasteiger partial charge in [-0.2, -0.15) is 0 Å². The summed E-state index contributed by atoms with van der Waals surface area (Å²) in [6.45, 7) is 5.99. The van der Waals surface area contributed by atoms with Crippen LogP contribution in [0.5, 0.6) is 0 Å². The molecule has 3 aromatic carbocycles. The van der Waals surface area contributed by atoms with Crippen LogP contribution in [0.2, 0.25) is 5.02 Å². The summed E-state index contributed by atoms with van der Waals surface area (Å²) in [6.07, 6.45) is 0.658. The third kappa shape index (κ3) is 7.16. The largest absolute Gasteiger partial charge is 0.350 e. The molecule has 0 aromatic heterocycles. The fraction of sp³-hybridized carbons (Fsp3) is 0.312. The van der Waals surface area contributed by atoms with Crippen LogP contribution in [0.1, 0.15) is 65.5 Å². The van der Waals surface area contributed by atoms with Crippen LogP contribution in [0.25, 0.3) is 0 Å². The molecule has 1 heterocycles. The fourth-order valence-electron chi connectivity index (χ4n) is 4.81. The average molecular weight is 560 g/mol. The van der Waals surface area contributed by atoms with Gasteiger partial charge in [0.2, 0.25) is 11.8 Å². The Balaban J connectivity index is 1.56. The van der Waals surface area contributed by atoms with Crippen LogP contribution in [0.4, 0.5) is 0 Å². The number of carbonyl (C=O) groups excluding carboxylic acids is 4. The predicted molar refractivity (Wildman–Crippen MR) is 155 cm³/mol. The minimum absolute atomic E-state index is 0.0576.